The molecule has 4 rings (SSSR count). The molecule has 0 N–H and O–H groups in total. The van der Waals surface area contributed by atoms with Crippen molar-refractivity contribution < 1.29 is 31.1 Å². The van der Waals surface area contributed by atoms with E-state index < -0.39 is 61.3 Å². The highest BCUT2D eigenvalue weighted by Crippen LogP contribution is 2.57. The van der Waals surface area contributed by atoms with E-state index in [1.165, 1.54) is 13.0 Å². The van der Waals surface area contributed by atoms with Crippen LogP contribution < -0.4 is 4.31 Å². The molecule has 0 unspecified atom stereocenters. The molecule has 0 radical (unpaired) electrons. The summed E-state index contributed by atoms with van der Waals surface area (Å²) in [5.41, 5.74) is -4.76. The van der Waals surface area contributed by atoms with E-state index in [9.17, 15) is 26.4 Å². The summed E-state index contributed by atoms with van der Waals surface area (Å²) < 4.78 is 72.1. The van der Waals surface area contributed by atoms with Crippen molar-refractivity contribution in [3.63, 3.8) is 0 Å². The number of halogens is 3. The molecule has 10 heteroatoms. The Morgan fingerprint density at radius 2 is 1.85 bits per heavy atom. The number of benzene rings is 1. The van der Waals surface area contributed by atoms with Gasteiger partial charge in [0, 0.05) is 0 Å². The molecular weight excluding hydrogens is 385 g/mol. The van der Waals surface area contributed by atoms with Crippen molar-refractivity contribution in [3.8, 4) is 6.07 Å². The molecule has 3 aliphatic rings. The fraction of sp³-hybridized carbons (Fsp3) is 0.412. The third-order valence-corrected chi connectivity index (χ3v) is 7.66. The summed E-state index contributed by atoms with van der Waals surface area (Å²) in [6.07, 6.45) is -1.68. The zero-order valence-corrected chi connectivity index (χ0v) is 14.9. The number of ether oxygens (including phenoxy) is 1. The third kappa shape index (κ3) is 2.15. The normalized spacial score (nSPS) is 36.1. The summed E-state index contributed by atoms with van der Waals surface area (Å²) >= 11 is 0. The standard InChI is InChI=1S/C17H13F3N2O4S/c1-15-5-6-16(2,26-15)13-12(15)14(23)22(27(13,24)25)10-4-3-9(8-21)11(7-10)17(18,19)20/h3-7,12-13H,1-2H3/t12-,13-,15+,16-/m0/s1. The first-order valence-electron chi connectivity index (χ1n) is 7.95. The van der Waals surface area contributed by atoms with Gasteiger partial charge in [0.05, 0.1) is 34.4 Å². The fourth-order valence-corrected chi connectivity index (χ4v) is 6.74. The molecule has 0 saturated carbocycles. The number of nitriles is 1. The summed E-state index contributed by atoms with van der Waals surface area (Å²) in [6.45, 7) is 3.12. The Morgan fingerprint density at radius 3 is 2.41 bits per heavy atom. The minimum Gasteiger partial charge on any atom is -0.359 e. The molecule has 3 heterocycles. The molecule has 0 spiro atoms. The second-order valence-electron chi connectivity index (χ2n) is 7.19. The molecular formula is C17H13F3N2O4S. The molecule has 0 aliphatic carbocycles. The monoisotopic (exact) mass is 398 g/mol. The van der Waals surface area contributed by atoms with Crippen molar-refractivity contribution >= 4 is 21.6 Å². The van der Waals surface area contributed by atoms with E-state index in [-0.39, 0.29) is 0 Å². The quantitative estimate of drug-likeness (QED) is 0.678. The van der Waals surface area contributed by atoms with Crippen molar-refractivity contribution in [1.29, 1.82) is 5.26 Å². The van der Waals surface area contributed by atoms with E-state index in [1.807, 2.05) is 0 Å². The first-order valence-corrected chi connectivity index (χ1v) is 9.45. The summed E-state index contributed by atoms with van der Waals surface area (Å²) in [5, 5.41) is 7.67. The zero-order valence-electron chi connectivity index (χ0n) is 14.1. The van der Waals surface area contributed by atoms with Gasteiger partial charge in [-0.3, -0.25) is 4.79 Å². The van der Waals surface area contributed by atoms with Gasteiger partial charge in [-0.2, -0.15) is 18.4 Å². The van der Waals surface area contributed by atoms with Crippen LogP contribution in [0.5, 0.6) is 0 Å². The second-order valence-corrected chi connectivity index (χ2v) is 9.09. The Morgan fingerprint density at radius 1 is 1.22 bits per heavy atom. The Balaban J connectivity index is 1.88. The first kappa shape index (κ1) is 18.0. The minimum atomic E-state index is -4.87. The molecule has 27 heavy (non-hydrogen) atoms. The molecule has 1 amide bonds. The van der Waals surface area contributed by atoms with E-state index >= 15 is 0 Å². The number of sulfonamides is 1. The molecule has 3 aliphatic heterocycles. The van der Waals surface area contributed by atoms with Crippen LogP contribution in [0.3, 0.4) is 0 Å². The molecule has 1 aromatic carbocycles. The van der Waals surface area contributed by atoms with E-state index in [1.54, 1.807) is 19.1 Å². The Labute approximate surface area is 152 Å². The number of fused-ring (bicyclic) bond motifs is 5. The summed E-state index contributed by atoms with van der Waals surface area (Å²) in [6, 6.07) is 3.84. The number of hydrogen-bond donors (Lipinski definition) is 0. The number of hydrogen-bond acceptors (Lipinski definition) is 5. The molecule has 6 nitrogen and oxygen atoms in total. The average Bonchev–Trinajstić information content (AvgIpc) is 3.08. The fourth-order valence-electron chi connectivity index (χ4n) is 4.30. The Kier molecular flexibility index (Phi) is 3.27. The highest BCUT2D eigenvalue weighted by molar-refractivity contribution is 7.94. The molecule has 2 bridgehead atoms. The second kappa shape index (κ2) is 4.91. The number of carbonyl (C=O) groups is 1. The Hall–Kier alpha value is -2.38. The van der Waals surface area contributed by atoms with Crippen molar-refractivity contribution in [3.05, 3.63) is 41.5 Å². The maximum atomic E-state index is 13.2. The number of nitrogens with zero attached hydrogens (tertiary/aromatic N) is 2. The number of anilines is 1. The maximum absolute atomic E-state index is 13.2. The van der Waals surface area contributed by atoms with Gasteiger partial charge in [0.1, 0.15) is 10.9 Å². The minimum absolute atomic E-state index is 0.421. The number of alkyl halides is 3. The lowest BCUT2D eigenvalue weighted by Crippen LogP contribution is -2.42. The van der Waals surface area contributed by atoms with Gasteiger partial charge in [-0.05, 0) is 32.0 Å². The predicted octanol–water partition coefficient (Wildman–Crippen LogP) is 2.36. The highest BCUT2D eigenvalue weighted by atomic mass is 32.2. The molecule has 1 aromatic rings. The van der Waals surface area contributed by atoms with Gasteiger partial charge < -0.3 is 4.74 Å². The van der Waals surface area contributed by atoms with Crippen LogP contribution in [-0.2, 0) is 25.7 Å². The van der Waals surface area contributed by atoms with Gasteiger partial charge in [0.25, 0.3) is 0 Å². The maximum Gasteiger partial charge on any atom is 0.417 e. The SMILES string of the molecule is C[C@]12C=C[C@](C)(O1)[C@@H]1[C@H]2C(=O)N(c2ccc(C#N)c(C(F)(F)F)c2)S1(=O)=O. The lowest BCUT2D eigenvalue weighted by Gasteiger charge is -2.26. The van der Waals surface area contributed by atoms with Crippen LogP contribution in [0.2, 0.25) is 0 Å². The van der Waals surface area contributed by atoms with E-state index in [0.717, 1.165) is 12.1 Å². The Bertz CT molecular complexity index is 1060. The van der Waals surface area contributed by atoms with Crippen LogP contribution in [0.4, 0.5) is 18.9 Å². The van der Waals surface area contributed by atoms with Crippen LogP contribution in [0.15, 0.2) is 30.4 Å². The molecule has 4 atom stereocenters. The smallest absolute Gasteiger partial charge is 0.359 e. The summed E-state index contributed by atoms with van der Waals surface area (Å²) in [7, 11) is -4.32. The largest absolute Gasteiger partial charge is 0.417 e. The van der Waals surface area contributed by atoms with Gasteiger partial charge in [0.2, 0.25) is 15.9 Å². The van der Waals surface area contributed by atoms with Crippen LogP contribution in [-0.4, -0.2) is 30.8 Å². The summed E-state index contributed by atoms with van der Waals surface area (Å²) in [5.74, 6) is -1.89. The number of amides is 1. The predicted molar refractivity (Wildman–Crippen MR) is 86.9 cm³/mol. The molecule has 2 fully saturated rings. The van der Waals surface area contributed by atoms with Gasteiger partial charge in [-0.1, -0.05) is 12.2 Å². The number of rotatable bonds is 1. The van der Waals surface area contributed by atoms with Gasteiger partial charge >= 0.3 is 6.18 Å². The zero-order chi connectivity index (χ0) is 20.0. The van der Waals surface area contributed by atoms with Gasteiger partial charge in [-0.15, -0.1) is 0 Å². The topological polar surface area (TPSA) is 87.5 Å². The molecule has 0 aromatic heterocycles. The lowest BCUT2D eigenvalue weighted by molar-refractivity contribution is -0.137. The third-order valence-electron chi connectivity index (χ3n) is 5.38. The van der Waals surface area contributed by atoms with Crippen LogP contribution in [0.1, 0.15) is 25.0 Å². The van der Waals surface area contributed by atoms with Gasteiger partial charge in [0.15, 0.2) is 0 Å². The highest BCUT2D eigenvalue weighted by Gasteiger charge is 2.73. The first-order chi connectivity index (χ1) is 12.3. The van der Waals surface area contributed by atoms with Crippen molar-refractivity contribution in [2.75, 3.05) is 4.31 Å². The van der Waals surface area contributed by atoms with Crippen LogP contribution in [0, 0.1) is 17.2 Å². The summed E-state index contributed by atoms with van der Waals surface area (Å²) in [4.78, 5) is 12.9. The molecule has 142 valence electrons. The van der Waals surface area contributed by atoms with Crippen molar-refractivity contribution in [2.24, 2.45) is 5.92 Å². The molecule has 2 saturated heterocycles. The van der Waals surface area contributed by atoms with E-state index in [4.69, 9.17) is 10.00 Å². The van der Waals surface area contributed by atoms with Crippen molar-refractivity contribution in [1.82, 2.24) is 0 Å². The van der Waals surface area contributed by atoms with Crippen LogP contribution in [0.25, 0.3) is 0 Å². The van der Waals surface area contributed by atoms with Gasteiger partial charge in [-0.25, -0.2) is 12.7 Å². The average molecular weight is 398 g/mol. The lowest BCUT2D eigenvalue weighted by atomic mass is 9.79. The van der Waals surface area contributed by atoms with Crippen LogP contribution >= 0.6 is 0 Å². The van der Waals surface area contributed by atoms with E-state index in [2.05, 4.69) is 0 Å². The van der Waals surface area contributed by atoms with E-state index in [0.29, 0.717) is 10.4 Å². The van der Waals surface area contributed by atoms with Crippen molar-refractivity contribution in [2.45, 2.75) is 36.5 Å². The number of carbonyl (C=O) groups excluding carboxylic acids is 1.